The predicted octanol–water partition coefficient (Wildman–Crippen LogP) is 0.618. The van der Waals surface area contributed by atoms with Gasteiger partial charge in [-0.2, -0.15) is 0 Å². The van der Waals surface area contributed by atoms with Crippen molar-refractivity contribution in [2.24, 2.45) is 0 Å². The molecule has 0 saturated heterocycles. The first-order valence-corrected chi connectivity index (χ1v) is 7.99. The SMILES string of the molecule is CCOC(=O)C(Cc1ccc([N+](=O)[O-])cc1)NS(C)(=O)=O. The van der Waals surface area contributed by atoms with Crippen LogP contribution in [-0.2, 0) is 26.0 Å². The summed E-state index contributed by atoms with van der Waals surface area (Å²) in [5.41, 5.74) is 0.498. The molecule has 0 saturated carbocycles. The number of nitro benzene ring substituents is 1. The van der Waals surface area contributed by atoms with Crippen molar-refractivity contribution in [3.05, 3.63) is 39.9 Å². The van der Waals surface area contributed by atoms with E-state index >= 15 is 0 Å². The van der Waals surface area contributed by atoms with Gasteiger partial charge in [-0.05, 0) is 18.9 Å². The highest BCUT2D eigenvalue weighted by molar-refractivity contribution is 7.88. The number of hydrogen-bond acceptors (Lipinski definition) is 6. The van der Waals surface area contributed by atoms with Gasteiger partial charge in [-0.15, -0.1) is 0 Å². The lowest BCUT2D eigenvalue weighted by Gasteiger charge is -2.16. The van der Waals surface area contributed by atoms with E-state index in [0.29, 0.717) is 5.56 Å². The van der Waals surface area contributed by atoms with Crippen molar-refractivity contribution in [3.8, 4) is 0 Å². The molecule has 1 aromatic rings. The standard InChI is InChI=1S/C12H16N2O6S/c1-3-20-12(15)11(13-21(2,18)19)8-9-4-6-10(7-5-9)14(16)17/h4-7,11,13H,3,8H2,1-2H3. The van der Waals surface area contributed by atoms with Gasteiger partial charge in [0.05, 0.1) is 17.8 Å². The molecule has 1 rings (SSSR count). The van der Waals surface area contributed by atoms with Gasteiger partial charge in [0.1, 0.15) is 6.04 Å². The number of ether oxygens (including phenoxy) is 1. The molecule has 0 spiro atoms. The quantitative estimate of drug-likeness (QED) is 0.448. The van der Waals surface area contributed by atoms with E-state index in [1.165, 1.54) is 24.3 Å². The highest BCUT2D eigenvalue weighted by atomic mass is 32.2. The van der Waals surface area contributed by atoms with Crippen molar-refractivity contribution in [1.82, 2.24) is 4.72 Å². The molecule has 1 N–H and O–H groups in total. The van der Waals surface area contributed by atoms with Gasteiger partial charge in [-0.25, -0.2) is 13.1 Å². The number of rotatable bonds is 7. The number of nitro groups is 1. The summed E-state index contributed by atoms with van der Waals surface area (Å²) in [6.45, 7) is 1.74. The second-order valence-electron chi connectivity index (χ2n) is 4.32. The van der Waals surface area contributed by atoms with Crippen LogP contribution < -0.4 is 4.72 Å². The largest absolute Gasteiger partial charge is 0.465 e. The number of carbonyl (C=O) groups excluding carboxylic acids is 1. The first-order chi connectivity index (χ1) is 9.73. The molecule has 9 heteroatoms. The normalized spacial score (nSPS) is 12.7. The van der Waals surface area contributed by atoms with E-state index < -0.39 is 27.0 Å². The minimum absolute atomic E-state index is 0.0455. The molecule has 0 aliphatic heterocycles. The van der Waals surface area contributed by atoms with Crippen LogP contribution in [0.1, 0.15) is 12.5 Å². The smallest absolute Gasteiger partial charge is 0.324 e. The molecule has 116 valence electrons. The van der Waals surface area contributed by atoms with Crippen molar-refractivity contribution in [1.29, 1.82) is 0 Å². The van der Waals surface area contributed by atoms with E-state index in [1.807, 2.05) is 0 Å². The van der Waals surface area contributed by atoms with Gasteiger partial charge in [-0.1, -0.05) is 12.1 Å². The van der Waals surface area contributed by atoms with Crippen LogP contribution in [0.4, 0.5) is 5.69 Å². The van der Waals surface area contributed by atoms with Gasteiger partial charge in [0.25, 0.3) is 5.69 Å². The molecular formula is C12H16N2O6S. The maximum atomic E-state index is 11.7. The molecule has 0 radical (unpaired) electrons. The fourth-order valence-corrected chi connectivity index (χ4v) is 2.36. The number of sulfonamides is 1. The average Bonchev–Trinajstić information content (AvgIpc) is 2.37. The fraction of sp³-hybridized carbons (Fsp3) is 0.417. The third-order valence-electron chi connectivity index (χ3n) is 2.51. The highest BCUT2D eigenvalue weighted by Crippen LogP contribution is 2.13. The molecule has 0 aliphatic carbocycles. The summed E-state index contributed by atoms with van der Waals surface area (Å²) in [7, 11) is -3.59. The van der Waals surface area contributed by atoms with Gasteiger partial charge < -0.3 is 4.74 Å². The summed E-state index contributed by atoms with van der Waals surface area (Å²) in [6.07, 6.45) is 0.985. The van der Waals surface area contributed by atoms with Gasteiger partial charge in [0, 0.05) is 12.1 Å². The Kier molecular flexibility index (Phi) is 5.79. The van der Waals surface area contributed by atoms with Crippen LogP contribution in [0.15, 0.2) is 24.3 Å². The molecular weight excluding hydrogens is 300 g/mol. The van der Waals surface area contributed by atoms with E-state index in [1.54, 1.807) is 6.92 Å². The van der Waals surface area contributed by atoms with E-state index in [-0.39, 0.29) is 18.7 Å². The maximum absolute atomic E-state index is 11.7. The zero-order valence-electron chi connectivity index (χ0n) is 11.6. The Bertz CT molecular complexity index is 611. The molecule has 0 aromatic heterocycles. The van der Waals surface area contributed by atoms with Gasteiger partial charge in [-0.3, -0.25) is 14.9 Å². The van der Waals surface area contributed by atoms with Crippen molar-refractivity contribution >= 4 is 21.7 Å². The number of nitrogens with one attached hydrogen (secondary N) is 1. The van der Waals surface area contributed by atoms with Crippen LogP contribution in [0.3, 0.4) is 0 Å². The zero-order chi connectivity index (χ0) is 16.0. The molecule has 0 fully saturated rings. The number of hydrogen-bond donors (Lipinski definition) is 1. The minimum atomic E-state index is -3.59. The molecule has 21 heavy (non-hydrogen) atoms. The molecule has 0 heterocycles. The van der Waals surface area contributed by atoms with Crippen LogP contribution in [0, 0.1) is 10.1 Å². The van der Waals surface area contributed by atoms with Crippen molar-refractivity contribution in [3.63, 3.8) is 0 Å². The van der Waals surface area contributed by atoms with Crippen LogP contribution in [0.25, 0.3) is 0 Å². The summed E-state index contributed by atoms with van der Waals surface area (Å²) < 4.78 is 29.6. The summed E-state index contributed by atoms with van der Waals surface area (Å²) >= 11 is 0. The Hall–Kier alpha value is -2.00. The van der Waals surface area contributed by atoms with Crippen LogP contribution in [0.2, 0.25) is 0 Å². The van der Waals surface area contributed by atoms with E-state index in [4.69, 9.17) is 4.74 Å². The monoisotopic (exact) mass is 316 g/mol. The first kappa shape index (κ1) is 17.1. The lowest BCUT2D eigenvalue weighted by molar-refractivity contribution is -0.384. The van der Waals surface area contributed by atoms with Gasteiger partial charge in [0.15, 0.2) is 0 Å². The van der Waals surface area contributed by atoms with Crippen LogP contribution in [0.5, 0.6) is 0 Å². The number of non-ortho nitro benzene ring substituents is 1. The lowest BCUT2D eigenvalue weighted by atomic mass is 10.1. The van der Waals surface area contributed by atoms with Crippen molar-refractivity contribution in [2.75, 3.05) is 12.9 Å². The third kappa shape index (κ3) is 5.88. The van der Waals surface area contributed by atoms with E-state index in [9.17, 15) is 23.3 Å². The predicted molar refractivity (Wildman–Crippen MR) is 75.2 cm³/mol. The molecule has 0 bridgehead atoms. The highest BCUT2D eigenvalue weighted by Gasteiger charge is 2.24. The lowest BCUT2D eigenvalue weighted by Crippen LogP contribution is -2.42. The molecule has 0 amide bonds. The van der Waals surface area contributed by atoms with Crippen LogP contribution >= 0.6 is 0 Å². The van der Waals surface area contributed by atoms with Crippen LogP contribution in [-0.4, -0.2) is 38.2 Å². The third-order valence-corrected chi connectivity index (χ3v) is 3.23. The summed E-state index contributed by atoms with van der Waals surface area (Å²) in [5, 5.41) is 10.6. The zero-order valence-corrected chi connectivity index (χ0v) is 12.4. The summed E-state index contributed by atoms with van der Waals surface area (Å²) in [4.78, 5) is 21.8. The second kappa shape index (κ2) is 7.14. The Morgan fingerprint density at radius 2 is 1.95 bits per heavy atom. The molecule has 8 nitrogen and oxygen atoms in total. The summed E-state index contributed by atoms with van der Waals surface area (Å²) in [6, 6.07) is 4.44. The first-order valence-electron chi connectivity index (χ1n) is 6.10. The number of benzene rings is 1. The Morgan fingerprint density at radius 1 is 1.38 bits per heavy atom. The van der Waals surface area contributed by atoms with Gasteiger partial charge >= 0.3 is 5.97 Å². The number of nitrogens with zero attached hydrogens (tertiary/aromatic N) is 1. The van der Waals surface area contributed by atoms with Gasteiger partial charge in [0.2, 0.25) is 10.0 Å². The molecule has 1 aromatic carbocycles. The Labute approximate surface area is 122 Å². The second-order valence-corrected chi connectivity index (χ2v) is 6.10. The molecule has 0 aliphatic rings. The number of carbonyl (C=O) groups is 1. The number of esters is 1. The minimum Gasteiger partial charge on any atom is -0.465 e. The van der Waals surface area contributed by atoms with Crippen molar-refractivity contribution in [2.45, 2.75) is 19.4 Å². The molecule has 1 atom stereocenters. The van der Waals surface area contributed by atoms with E-state index in [0.717, 1.165) is 6.26 Å². The molecule has 1 unspecified atom stereocenters. The maximum Gasteiger partial charge on any atom is 0.324 e. The topological polar surface area (TPSA) is 116 Å². The summed E-state index contributed by atoms with van der Waals surface area (Å²) in [5.74, 6) is -0.693. The van der Waals surface area contributed by atoms with Crippen molar-refractivity contribution < 1.29 is 22.9 Å². The fourth-order valence-electron chi connectivity index (χ4n) is 1.66. The van der Waals surface area contributed by atoms with E-state index in [2.05, 4.69) is 4.72 Å². The average molecular weight is 316 g/mol. The Balaban J connectivity index is 2.89. The Morgan fingerprint density at radius 3 is 2.38 bits per heavy atom.